The lowest BCUT2D eigenvalue weighted by atomic mass is 10.2. The van der Waals surface area contributed by atoms with E-state index >= 15 is 0 Å². The van der Waals surface area contributed by atoms with Gasteiger partial charge < -0.3 is 14.4 Å². The van der Waals surface area contributed by atoms with Gasteiger partial charge in [-0.2, -0.15) is 5.10 Å². The number of carbonyl (C=O) groups excluding carboxylic acids is 1. The van der Waals surface area contributed by atoms with Gasteiger partial charge >= 0.3 is 0 Å². The molecule has 0 spiro atoms. The zero-order chi connectivity index (χ0) is 23.1. The highest BCUT2D eigenvalue weighted by Crippen LogP contribution is 2.28. The molecule has 0 saturated carbocycles. The normalized spacial score (nSPS) is 14.1. The Balaban J connectivity index is 1.29. The summed E-state index contributed by atoms with van der Waals surface area (Å²) in [6.07, 6.45) is 6.76. The minimum Gasteiger partial charge on any atom is -0.352 e. The van der Waals surface area contributed by atoms with Crippen LogP contribution >= 0.6 is 11.3 Å². The van der Waals surface area contributed by atoms with Crippen LogP contribution in [0.1, 0.15) is 10.4 Å². The maximum absolute atomic E-state index is 14.6. The molecular formula is C24H20FN7OS. The van der Waals surface area contributed by atoms with Crippen molar-refractivity contribution in [3.8, 4) is 11.5 Å². The highest BCUT2D eigenvalue weighted by molar-refractivity contribution is 7.16. The minimum atomic E-state index is -0.406. The molecule has 0 bridgehead atoms. The van der Waals surface area contributed by atoms with Gasteiger partial charge in [-0.05, 0) is 35.7 Å². The summed E-state index contributed by atoms with van der Waals surface area (Å²) in [6.45, 7) is 2.41. The van der Waals surface area contributed by atoms with Gasteiger partial charge in [-0.1, -0.05) is 12.1 Å². The maximum atomic E-state index is 14.6. The number of amides is 1. The van der Waals surface area contributed by atoms with E-state index in [1.54, 1.807) is 40.4 Å². The molecule has 5 heterocycles. The number of piperazine rings is 1. The van der Waals surface area contributed by atoms with Crippen molar-refractivity contribution < 1.29 is 9.18 Å². The first-order chi connectivity index (χ1) is 16.7. The van der Waals surface area contributed by atoms with Crippen molar-refractivity contribution in [2.45, 2.75) is 0 Å². The Kier molecular flexibility index (Phi) is 5.06. The molecule has 0 atom stereocenters. The number of benzene rings is 1. The van der Waals surface area contributed by atoms with Crippen LogP contribution < -0.4 is 4.90 Å². The Morgan fingerprint density at radius 2 is 1.76 bits per heavy atom. The largest absolute Gasteiger partial charge is 0.352 e. The van der Waals surface area contributed by atoms with E-state index in [4.69, 9.17) is 0 Å². The van der Waals surface area contributed by atoms with Crippen LogP contribution in [-0.4, -0.2) is 61.3 Å². The number of aromatic nitrogens is 5. The monoisotopic (exact) mass is 473 g/mol. The molecule has 1 aromatic carbocycles. The molecule has 5 aromatic rings. The molecule has 0 aliphatic carbocycles. The zero-order valence-corrected chi connectivity index (χ0v) is 18.9. The van der Waals surface area contributed by atoms with E-state index in [2.05, 4.69) is 20.0 Å². The Hall–Kier alpha value is -4.05. The highest BCUT2D eigenvalue weighted by atomic mass is 32.1. The summed E-state index contributed by atoms with van der Waals surface area (Å²) in [4.78, 5) is 27.4. The van der Waals surface area contributed by atoms with E-state index in [9.17, 15) is 9.18 Å². The fourth-order valence-corrected chi connectivity index (χ4v) is 5.06. The Morgan fingerprint density at radius 3 is 2.56 bits per heavy atom. The lowest BCUT2D eigenvalue weighted by molar-refractivity contribution is 0.0746. The Labute approximate surface area is 198 Å². The number of para-hydroxylation sites is 1. The molecule has 1 aliphatic rings. The second kappa shape index (κ2) is 8.38. The predicted octanol–water partition coefficient (Wildman–Crippen LogP) is 3.77. The van der Waals surface area contributed by atoms with Crippen molar-refractivity contribution in [2.24, 2.45) is 0 Å². The first-order valence-electron chi connectivity index (χ1n) is 10.9. The van der Waals surface area contributed by atoms with Gasteiger partial charge in [-0.3, -0.25) is 4.79 Å². The van der Waals surface area contributed by atoms with Crippen LogP contribution in [0.4, 0.5) is 10.2 Å². The molecule has 170 valence electrons. The molecule has 8 nitrogen and oxygen atoms in total. The fraction of sp³-hybridized carbons (Fsp3) is 0.167. The van der Waals surface area contributed by atoms with Crippen molar-refractivity contribution in [1.82, 2.24) is 29.2 Å². The quantitative estimate of drug-likeness (QED) is 0.397. The smallest absolute Gasteiger partial charge is 0.259 e. The van der Waals surface area contributed by atoms with Crippen molar-refractivity contribution >= 4 is 33.3 Å². The standard InChI is InChI=1S/C24H20FN7OS/c25-19-5-1-2-6-20(19)32-23(30-8-3-4-9-30)18(15-28-32)24(33)31-12-10-29(11-13-31)21-17-7-14-34-22(17)27-16-26-21/h1-9,14-16H,10-13H2. The van der Waals surface area contributed by atoms with Crippen LogP contribution in [0.5, 0.6) is 0 Å². The van der Waals surface area contributed by atoms with Crippen molar-refractivity contribution in [2.75, 3.05) is 31.1 Å². The number of anilines is 1. The molecule has 1 aliphatic heterocycles. The number of rotatable bonds is 4. The van der Waals surface area contributed by atoms with Gasteiger partial charge in [0.25, 0.3) is 5.91 Å². The minimum absolute atomic E-state index is 0.130. The molecule has 34 heavy (non-hydrogen) atoms. The Bertz CT molecular complexity index is 1470. The van der Waals surface area contributed by atoms with Gasteiger partial charge in [0.2, 0.25) is 0 Å². The first-order valence-corrected chi connectivity index (χ1v) is 11.8. The van der Waals surface area contributed by atoms with Crippen LogP contribution in [0.25, 0.3) is 21.7 Å². The number of hydrogen-bond acceptors (Lipinski definition) is 6. The van der Waals surface area contributed by atoms with E-state index in [1.165, 1.54) is 16.9 Å². The van der Waals surface area contributed by atoms with Crippen LogP contribution in [0.15, 0.2) is 72.8 Å². The lowest BCUT2D eigenvalue weighted by Gasteiger charge is -2.35. The summed E-state index contributed by atoms with van der Waals surface area (Å²) in [5.74, 6) is 0.877. The van der Waals surface area contributed by atoms with E-state index in [0.717, 1.165) is 16.0 Å². The maximum Gasteiger partial charge on any atom is 0.259 e. The van der Waals surface area contributed by atoms with Crippen LogP contribution in [0.2, 0.25) is 0 Å². The van der Waals surface area contributed by atoms with Crippen molar-refractivity contribution in [3.63, 3.8) is 0 Å². The average molecular weight is 474 g/mol. The van der Waals surface area contributed by atoms with Gasteiger partial charge in [0, 0.05) is 38.6 Å². The summed E-state index contributed by atoms with van der Waals surface area (Å²) in [5, 5.41) is 7.44. The third-order valence-corrected chi connectivity index (χ3v) is 6.83. The van der Waals surface area contributed by atoms with E-state index in [0.29, 0.717) is 43.2 Å². The molecule has 0 radical (unpaired) electrons. The number of halogens is 1. The summed E-state index contributed by atoms with van der Waals surface area (Å²) >= 11 is 1.59. The SMILES string of the molecule is O=C(c1cnn(-c2ccccc2F)c1-n1cccc1)N1CCN(c2ncnc3sccc23)CC1. The summed E-state index contributed by atoms with van der Waals surface area (Å²) in [5.41, 5.74) is 0.716. The second-order valence-corrected chi connectivity index (χ2v) is 8.85. The van der Waals surface area contributed by atoms with Gasteiger partial charge in [0.05, 0.1) is 11.6 Å². The number of nitrogens with zero attached hydrogens (tertiary/aromatic N) is 7. The van der Waals surface area contributed by atoms with E-state index in [1.807, 2.05) is 40.9 Å². The summed E-state index contributed by atoms with van der Waals surface area (Å²) in [6, 6.07) is 12.2. The summed E-state index contributed by atoms with van der Waals surface area (Å²) < 4.78 is 17.8. The van der Waals surface area contributed by atoms with E-state index in [-0.39, 0.29) is 5.91 Å². The van der Waals surface area contributed by atoms with Crippen LogP contribution in [0.3, 0.4) is 0 Å². The second-order valence-electron chi connectivity index (χ2n) is 7.95. The molecule has 4 aromatic heterocycles. The van der Waals surface area contributed by atoms with Crippen molar-refractivity contribution in [1.29, 1.82) is 0 Å². The molecule has 1 saturated heterocycles. The number of hydrogen-bond donors (Lipinski definition) is 0. The highest BCUT2D eigenvalue weighted by Gasteiger charge is 2.28. The average Bonchev–Trinajstić information content (AvgIpc) is 3.64. The predicted molar refractivity (Wildman–Crippen MR) is 128 cm³/mol. The van der Waals surface area contributed by atoms with Gasteiger partial charge in [-0.15, -0.1) is 11.3 Å². The van der Waals surface area contributed by atoms with Gasteiger partial charge in [0.15, 0.2) is 5.82 Å². The molecule has 1 fully saturated rings. The lowest BCUT2D eigenvalue weighted by Crippen LogP contribution is -2.49. The molecule has 1 amide bonds. The van der Waals surface area contributed by atoms with Crippen LogP contribution in [-0.2, 0) is 0 Å². The number of thiophene rings is 1. The summed E-state index contributed by atoms with van der Waals surface area (Å²) in [7, 11) is 0. The van der Waals surface area contributed by atoms with Crippen LogP contribution in [0, 0.1) is 5.82 Å². The van der Waals surface area contributed by atoms with E-state index < -0.39 is 5.82 Å². The van der Waals surface area contributed by atoms with Crippen molar-refractivity contribution in [3.05, 3.63) is 84.1 Å². The molecule has 0 unspecified atom stereocenters. The third kappa shape index (κ3) is 3.43. The molecule has 6 rings (SSSR count). The van der Waals surface area contributed by atoms with Gasteiger partial charge in [-0.25, -0.2) is 19.0 Å². The fourth-order valence-electron chi connectivity index (χ4n) is 4.34. The van der Waals surface area contributed by atoms with Gasteiger partial charge in [0.1, 0.15) is 34.0 Å². The number of carbonyl (C=O) groups is 1. The third-order valence-electron chi connectivity index (χ3n) is 6.01. The number of fused-ring (bicyclic) bond motifs is 1. The molecular weight excluding hydrogens is 453 g/mol. The Morgan fingerprint density at radius 1 is 0.971 bits per heavy atom. The molecule has 0 N–H and O–H groups in total. The topological polar surface area (TPSA) is 72.1 Å². The zero-order valence-electron chi connectivity index (χ0n) is 18.1. The molecule has 10 heteroatoms. The first kappa shape index (κ1) is 20.5.